The van der Waals surface area contributed by atoms with Crippen LogP contribution in [0.15, 0.2) is 16.8 Å². The molecule has 0 atom stereocenters. The van der Waals surface area contributed by atoms with Gasteiger partial charge >= 0.3 is 5.97 Å². The summed E-state index contributed by atoms with van der Waals surface area (Å²) in [5.41, 5.74) is 0.854. The smallest absolute Gasteiger partial charge is 0.339 e. The summed E-state index contributed by atoms with van der Waals surface area (Å²) < 4.78 is 4.85. The van der Waals surface area contributed by atoms with Gasteiger partial charge in [-0.05, 0) is 18.6 Å². The highest BCUT2D eigenvalue weighted by atomic mass is 16.5. The zero-order valence-electron chi connectivity index (χ0n) is 10.7. The van der Waals surface area contributed by atoms with Crippen molar-refractivity contribution in [3.05, 3.63) is 35.1 Å². The molecule has 100 valence electrons. The third-order valence-electron chi connectivity index (χ3n) is 2.58. The number of hydrogen-bond acceptors (Lipinski definition) is 6. The zero-order chi connectivity index (χ0) is 13.8. The van der Waals surface area contributed by atoms with Crippen LogP contribution in [0.3, 0.4) is 0 Å². The van der Waals surface area contributed by atoms with Gasteiger partial charge in [-0.25, -0.2) is 9.78 Å². The van der Waals surface area contributed by atoms with Crippen LogP contribution in [0.1, 0.15) is 27.6 Å². The number of carbonyl (C=O) groups is 1. The molecule has 7 heteroatoms. The zero-order valence-corrected chi connectivity index (χ0v) is 10.7. The van der Waals surface area contributed by atoms with Crippen LogP contribution in [0.4, 0.5) is 5.82 Å². The number of hydrogen-bond donors (Lipinski definition) is 2. The van der Waals surface area contributed by atoms with E-state index in [0.717, 1.165) is 0 Å². The van der Waals surface area contributed by atoms with Crippen molar-refractivity contribution in [2.45, 2.75) is 20.3 Å². The van der Waals surface area contributed by atoms with Crippen molar-refractivity contribution >= 4 is 11.8 Å². The van der Waals surface area contributed by atoms with Gasteiger partial charge in [-0.15, -0.1) is 0 Å². The molecule has 0 radical (unpaired) electrons. The molecule has 7 nitrogen and oxygen atoms in total. The Morgan fingerprint density at radius 2 is 2.26 bits per heavy atom. The highest BCUT2D eigenvalue weighted by Gasteiger charge is 2.14. The van der Waals surface area contributed by atoms with E-state index in [1.807, 2.05) is 0 Å². The van der Waals surface area contributed by atoms with Crippen molar-refractivity contribution < 1.29 is 14.4 Å². The van der Waals surface area contributed by atoms with E-state index >= 15 is 0 Å². The number of aromatic carboxylic acids is 1. The minimum absolute atomic E-state index is 0.187. The van der Waals surface area contributed by atoms with Crippen LogP contribution in [0, 0.1) is 13.8 Å². The summed E-state index contributed by atoms with van der Waals surface area (Å²) >= 11 is 0. The standard InChI is InChI=1S/C12H14N4O3/c1-7-3-5-13-11(10(7)12(17)18)14-6-4-9-15-8(2)19-16-9/h3,5H,4,6H2,1-2H3,(H,13,14)(H,17,18). The fraction of sp³-hybridized carbons (Fsp3) is 0.333. The Labute approximate surface area is 109 Å². The van der Waals surface area contributed by atoms with Gasteiger partial charge in [-0.2, -0.15) is 4.98 Å². The fourth-order valence-corrected chi connectivity index (χ4v) is 1.70. The number of rotatable bonds is 5. The second-order valence-corrected chi connectivity index (χ2v) is 4.06. The van der Waals surface area contributed by atoms with E-state index in [0.29, 0.717) is 36.1 Å². The predicted octanol–water partition coefficient (Wildman–Crippen LogP) is 1.43. The lowest BCUT2D eigenvalue weighted by atomic mass is 10.1. The molecule has 2 rings (SSSR count). The van der Waals surface area contributed by atoms with Gasteiger partial charge in [-0.1, -0.05) is 5.16 Å². The molecule has 0 aromatic carbocycles. The fourth-order valence-electron chi connectivity index (χ4n) is 1.70. The number of aromatic nitrogens is 3. The molecule has 2 aromatic rings. The van der Waals surface area contributed by atoms with Gasteiger partial charge in [-0.3, -0.25) is 0 Å². The first kappa shape index (κ1) is 13.0. The molecule has 2 aromatic heterocycles. The molecular formula is C12H14N4O3. The molecule has 0 bridgehead atoms. The molecule has 0 aliphatic rings. The van der Waals surface area contributed by atoms with Crippen molar-refractivity contribution in [3.63, 3.8) is 0 Å². The van der Waals surface area contributed by atoms with E-state index in [1.165, 1.54) is 0 Å². The number of nitrogens with one attached hydrogen (secondary N) is 1. The topological polar surface area (TPSA) is 101 Å². The number of nitrogens with zero attached hydrogens (tertiary/aromatic N) is 3. The maximum absolute atomic E-state index is 11.2. The Balaban J connectivity index is 2.03. The molecule has 2 N–H and O–H groups in total. The Kier molecular flexibility index (Phi) is 3.74. The van der Waals surface area contributed by atoms with Gasteiger partial charge in [0.05, 0.1) is 0 Å². The summed E-state index contributed by atoms with van der Waals surface area (Å²) in [6, 6.07) is 1.66. The van der Waals surface area contributed by atoms with E-state index < -0.39 is 5.97 Å². The van der Waals surface area contributed by atoms with Crippen molar-refractivity contribution in [1.82, 2.24) is 15.1 Å². The molecule has 0 amide bonds. The Morgan fingerprint density at radius 3 is 2.89 bits per heavy atom. The molecule has 0 aliphatic carbocycles. The predicted molar refractivity (Wildman–Crippen MR) is 67.2 cm³/mol. The minimum atomic E-state index is -0.997. The quantitative estimate of drug-likeness (QED) is 0.840. The van der Waals surface area contributed by atoms with Crippen LogP contribution >= 0.6 is 0 Å². The normalized spacial score (nSPS) is 10.4. The number of carboxylic acids is 1. The van der Waals surface area contributed by atoms with Crippen molar-refractivity contribution in [2.24, 2.45) is 0 Å². The summed E-state index contributed by atoms with van der Waals surface area (Å²) in [6.45, 7) is 3.93. The van der Waals surface area contributed by atoms with E-state index in [1.54, 1.807) is 26.1 Å². The summed E-state index contributed by atoms with van der Waals surface area (Å²) in [4.78, 5) is 19.3. The first-order chi connectivity index (χ1) is 9.08. The van der Waals surface area contributed by atoms with Crippen LogP contribution in [-0.2, 0) is 6.42 Å². The monoisotopic (exact) mass is 262 g/mol. The third-order valence-corrected chi connectivity index (χ3v) is 2.58. The van der Waals surface area contributed by atoms with Gasteiger partial charge in [0, 0.05) is 26.1 Å². The number of pyridine rings is 1. The van der Waals surface area contributed by atoms with Gasteiger partial charge in [0.25, 0.3) is 0 Å². The number of carboxylic acid groups (broad SMARTS) is 1. The lowest BCUT2D eigenvalue weighted by Crippen LogP contribution is -2.12. The number of aryl methyl sites for hydroxylation is 2. The third kappa shape index (κ3) is 3.06. The first-order valence-corrected chi connectivity index (χ1v) is 5.80. The van der Waals surface area contributed by atoms with Crippen LogP contribution in [0.2, 0.25) is 0 Å². The van der Waals surface area contributed by atoms with Crippen LogP contribution < -0.4 is 5.32 Å². The highest BCUT2D eigenvalue weighted by Crippen LogP contribution is 2.16. The number of anilines is 1. The Hall–Kier alpha value is -2.44. The van der Waals surface area contributed by atoms with Gasteiger partial charge in [0.1, 0.15) is 11.4 Å². The average molecular weight is 262 g/mol. The molecular weight excluding hydrogens is 248 g/mol. The SMILES string of the molecule is Cc1nc(CCNc2nccc(C)c2C(=O)O)no1. The van der Waals surface area contributed by atoms with Crippen LogP contribution in [0.25, 0.3) is 0 Å². The van der Waals surface area contributed by atoms with Crippen molar-refractivity contribution in [1.29, 1.82) is 0 Å². The summed E-state index contributed by atoms with van der Waals surface area (Å²) in [5, 5.41) is 15.9. The molecule has 2 heterocycles. The molecule has 0 aliphatic heterocycles. The lowest BCUT2D eigenvalue weighted by Gasteiger charge is -2.09. The average Bonchev–Trinajstić information content (AvgIpc) is 2.74. The van der Waals surface area contributed by atoms with Crippen molar-refractivity contribution in [2.75, 3.05) is 11.9 Å². The second kappa shape index (κ2) is 5.47. The first-order valence-electron chi connectivity index (χ1n) is 5.80. The van der Waals surface area contributed by atoms with E-state index in [4.69, 9.17) is 9.63 Å². The van der Waals surface area contributed by atoms with E-state index in [-0.39, 0.29) is 5.56 Å². The van der Waals surface area contributed by atoms with Crippen LogP contribution in [-0.4, -0.2) is 32.7 Å². The van der Waals surface area contributed by atoms with Crippen LogP contribution in [0.5, 0.6) is 0 Å². The summed E-state index contributed by atoms with van der Waals surface area (Å²) in [6.07, 6.45) is 2.11. The minimum Gasteiger partial charge on any atom is -0.478 e. The molecule has 0 unspecified atom stereocenters. The summed E-state index contributed by atoms with van der Waals surface area (Å²) in [5.74, 6) is 0.445. The maximum Gasteiger partial charge on any atom is 0.339 e. The molecule has 0 saturated heterocycles. The molecule has 0 fully saturated rings. The van der Waals surface area contributed by atoms with E-state index in [2.05, 4.69) is 20.4 Å². The largest absolute Gasteiger partial charge is 0.478 e. The van der Waals surface area contributed by atoms with Crippen molar-refractivity contribution in [3.8, 4) is 0 Å². The van der Waals surface area contributed by atoms with E-state index in [9.17, 15) is 4.79 Å². The second-order valence-electron chi connectivity index (χ2n) is 4.06. The van der Waals surface area contributed by atoms with Gasteiger partial charge < -0.3 is 14.9 Å². The molecule has 0 saturated carbocycles. The molecule has 0 spiro atoms. The van der Waals surface area contributed by atoms with Gasteiger partial charge in [0.15, 0.2) is 5.82 Å². The Bertz CT molecular complexity index is 594. The highest BCUT2D eigenvalue weighted by molar-refractivity contribution is 5.94. The Morgan fingerprint density at radius 1 is 1.47 bits per heavy atom. The maximum atomic E-state index is 11.2. The lowest BCUT2D eigenvalue weighted by molar-refractivity contribution is 0.0697. The van der Waals surface area contributed by atoms with Gasteiger partial charge in [0.2, 0.25) is 5.89 Å². The molecule has 19 heavy (non-hydrogen) atoms. The summed E-state index contributed by atoms with van der Waals surface area (Å²) in [7, 11) is 0.